The smallest absolute Gasteiger partial charge is 0.243 e. The first-order chi connectivity index (χ1) is 13.7. The van der Waals surface area contributed by atoms with E-state index in [0.717, 1.165) is 12.8 Å². The second-order valence-electron chi connectivity index (χ2n) is 8.69. The number of carbonyl (C=O) groups excluding carboxylic acids is 3. The van der Waals surface area contributed by atoms with E-state index >= 15 is 0 Å². The number of nitrogens with zero attached hydrogens (tertiary/aromatic N) is 1. The summed E-state index contributed by atoms with van der Waals surface area (Å²) in [6.07, 6.45) is 5.45. The molecule has 0 spiro atoms. The van der Waals surface area contributed by atoms with Gasteiger partial charge in [-0.25, -0.2) is 0 Å². The Labute approximate surface area is 174 Å². The summed E-state index contributed by atoms with van der Waals surface area (Å²) in [4.78, 5) is 41.2. The molecule has 29 heavy (non-hydrogen) atoms. The van der Waals surface area contributed by atoms with E-state index in [4.69, 9.17) is 0 Å². The minimum absolute atomic E-state index is 0.0304. The van der Waals surface area contributed by atoms with Crippen LogP contribution in [0.1, 0.15) is 47.5 Å². The molecule has 0 aromatic heterocycles. The molecule has 3 N–H and O–H groups in total. The van der Waals surface area contributed by atoms with E-state index in [0.29, 0.717) is 0 Å². The summed E-state index contributed by atoms with van der Waals surface area (Å²) >= 11 is 0. The fourth-order valence-electron chi connectivity index (χ4n) is 4.90. The Morgan fingerprint density at radius 3 is 2.31 bits per heavy atom. The molecule has 2 rings (SSSR count). The summed E-state index contributed by atoms with van der Waals surface area (Å²) in [5.74, 6) is -2.10. The monoisotopic (exact) mass is 407 g/mol. The molecule has 7 atom stereocenters. The number of hydrogen-bond donors (Lipinski definition) is 3. The van der Waals surface area contributed by atoms with E-state index in [1.807, 2.05) is 46.8 Å². The molecule has 164 valence electrons. The van der Waals surface area contributed by atoms with Gasteiger partial charge in [-0.15, -0.1) is 0 Å². The molecule has 0 bridgehead atoms. The maximum Gasteiger partial charge on any atom is 0.243 e. The fourth-order valence-corrected chi connectivity index (χ4v) is 4.90. The van der Waals surface area contributed by atoms with Crippen molar-refractivity contribution in [2.45, 2.75) is 65.6 Å². The minimum atomic E-state index is -0.720. The molecule has 2 aliphatic rings. The summed E-state index contributed by atoms with van der Waals surface area (Å²) in [7, 11) is 1.58. The SMILES string of the molecule is CC[C@H](C)[C@H](CO)N1C(=O)[C@H]2[C@H](C=C[C@@H](CC)[C@H]2C(=O)NC)[C@H]1C(=O)NC(C)C. The van der Waals surface area contributed by atoms with Crippen molar-refractivity contribution in [2.75, 3.05) is 13.7 Å². The highest BCUT2D eigenvalue weighted by atomic mass is 16.3. The molecule has 7 heteroatoms. The number of aliphatic hydroxyl groups is 1. The molecule has 1 aliphatic carbocycles. The van der Waals surface area contributed by atoms with Crippen molar-refractivity contribution < 1.29 is 19.5 Å². The molecule has 1 heterocycles. The summed E-state index contributed by atoms with van der Waals surface area (Å²) in [6.45, 7) is 9.54. The fraction of sp³-hybridized carbons (Fsp3) is 0.773. The molecule has 0 aromatic carbocycles. The first-order valence-electron chi connectivity index (χ1n) is 10.9. The highest BCUT2D eigenvalue weighted by molar-refractivity contribution is 5.97. The predicted octanol–water partition coefficient (Wildman–Crippen LogP) is 1.32. The molecular formula is C22H37N3O4. The number of fused-ring (bicyclic) bond motifs is 1. The Hall–Kier alpha value is -1.89. The lowest BCUT2D eigenvalue weighted by molar-refractivity contribution is -0.144. The Balaban J connectivity index is 2.56. The number of aliphatic hydroxyl groups excluding tert-OH is 1. The van der Waals surface area contributed by atoms with Crippen molar-refractivity contribution in [3.63, 3.8) is 0 Å². The molecule has 3 amide bonds. The molecule has 0 unspecified atom stereocenters. The van der Waals surface area contributed by atoms with E-state index < -0.39 is 23.9 Å². The van der Waals surface area contributed by atoms with Crippen LogP contribution in [0.3, 0.4) is 0 Å². The van der Waals surface area contributed by atoms with Gasteiger partial charge in [0.2, 0.25) is 17.7 Å². The van der Waals surface area contributed by atoms with Gasteiger partial charge in [-0.3, -0.25) is 14.4 Å². The van der Waals surface area contributed by atoms with Crippen LogP contribution in [0.25, 0.3) is 0 Å². The highest BCUT2D eigenvalue weighted by Crippen LogP contribution is 2.46. The number of amides is 3. The lowest BCUT2D eigenvalue weighted by atomic mass is 9.69. The number of likely N-dealkylation sites (tertiary alicyclic amines) is 1. The maximum absolute atomic E-state index is 13.7. The van der Waals surface area contributed by atoms with Gasteiger partial charge in [-0.05, 0) is 32.1 Å². The van der Waals surface area contributed by atoms with Crippen LogP contribution in [0, 0.1) is 29.6 Å². The van der Waals surface area contributed by atoms with Gasteiger partial charge in [0.1, 0.15) is 6.04 Å². The van der Waals surface area contributed by atoms with E-state index in [-0.39, 0.29) is 48.1 Å². The van der Waals surface area contributed by atoms with Crippen LogP contribution in [0.4, 0.5) is 0 Å². The Bertz CT molecular complexity index is 648. The van der Waals surface area contributed by atoms with E-state index in [1.54, 1.807) is 11.9 Å². The average molecular weight is 408 g/mol. The average Bonchev–Trinajstić information content (AvgIpc) is 2.99. The lowest BCUT2D eigenvalue weighted by Gasteiger charge is -2.36. The van der Waals surface area contributed by atoms with Crippen LogP contribution in [0.2, 0.25) is 0 Å². The van der Waals surface area contributed by atoms with E-state index in [1.165, 1.54) is 0 Å². The van der Waals surface area contributed by atoms with Gasteiger partial charge in [0.25, 0.3) is 0 Å². The minimum Gasteiger partial charge on any atom is -0.394 e. The molecule has 7 nitrogen and oxygen atoms in total. The summed E-state index contributed by atoms with van der Waals surface area (Å²) < 4.78 is 0. The van der Waals surface area contributed by atoms with Gasteiger partial charge in [-0.2, -0.15) is 0 Å². The summed E-state index contributed by atoms with van der Waals surface area (Å²) in [5, 5.41) is 15.8. The number of allylic oxidation sites excluding steroid dienone is 1. The summed E-state index contributed by atoms with van der Waals surface area (Å²) in [5.41, 5.74) is 0. The number of hydrogen-bond acceptors (Lipinski definition) is 4. The largest absolute Gasteiger partial charge is 0.394 e. The normalized spacial score (nSPS) is 30.8. The Morgan fingerprint density at radius 1 is 1.17 bits per heavy atom. The summed E-state index contributed by atoms with van der Waals surface area (Å²) in [6, 6.07) is -1.25. The van der Waals surface area contributed by atoms with Gasteiger partial charge in [0.05, 0.1) is 24.5 Å². The van der Waals surface area contributed by atoms with Crippen molar-refractivity contribution >= 4 is 17.7 Å². The highest BCUT2D eigenvalue weighted by Gasteiger charge is 2.58. The van der Waals surface area contributed by atoms with Crippen LogP contribution >= 0.6 is 0 Å². The zero-order valence-corrected chi connectivity index (χ0v) is 18.5. The van der Waals surface area contributed by atoms with Gasteiger partial charge in [-0.1, -0.05) is 39.3 Å². The van der Waals surface area contributed by atoms with Crippen molar-refractivity contribution in [3.05, 3.63) is 12.2 Å². The maximum atomic E-state index is 13.7. The lowest BCUT2D eigenvalue weighted by Crippen LogP contribution is -2.55. The van der Waals surface area contributed by atoms with Gasteiger partial charge < -0.3 is 20.6 Å². The number of nitrogens with one attached hydrogen (secondary N) is 2. The van der Waals surface area contributed by atoms with Crippen molar-refractivity contribution in [1.82, 2.24) is 15.5 Å². The molecule has 1 saturated heterocycles. The first-order valence-corrected chi connectivity index (χ1v) is 10.9. The third kappa shape index (κ3) is 4.34. The van der Waals surface area contributed by atoms with Crippen molar-refractivity contribution in [2.24, 2.45) is 29.6 Å². The topological polar surface area (TPSA) is 98.7 Å². The molecule has 1 fully saturated rings. The predicted molar refractivity (Wildman–Crippen MR) is 112 cm³/mol. The van der Waals surface area contributed by atoms with Gasteiger partial charge >= 0.3 is 0 Å². The number of carbonyl (C=O) groups is 3. The van der Waals surface area contributed by atoms with Crippen molar-refractivity contribution in [3.8, 4) is 0 Å². The molecular weight excluding hydrogens is 370 g/mol. The molecule has 0 aromatic rings. The zero-order chi connectivity index (χ0) is 21.9. The zero-order valence-electron chi connectivity index (χ0n) is 18.5. The van der Waals surface area contributed by atoms with Gasteiger partial charge in [0.15, 0.2) is 0 Å². The molecule has 1 aliphatic heterocycles. The first kappa shape index (κ1) is 23.4. The van der Waals surface area contributed by atoms with Crippen LogP contribution in [-0.2, 0) is 14.4 Å². The van der Waals surface area contributed by atoms with Crippen LogP contribution < -0.4 is 10.6 Å². The number of rotatable bonds is 8. The van der Waals surface area contributed by atoms with Gasteiger partial charge in [0, 0.05) is 19.0 Å². The quantitative estimate of drug-likeness (QED) is 0.529. The second kappa shape index (κ2) is 9.74. The van der Waals surface area contributed by atoms with Crippen LogP contribution in [0.5, 0.6) is 0 Å². The van der Waals surface area contributed by atoms with E-state index in [9.17, 15) is 19.5 Å². The molecule has 0 saturated carbocycles. The van der Waals surface area contributed by atoms with Crippen LogP contribution in [-0.4, -0.2) is 59.5 Å². The van der Waals surface area contributed by atoms with E-state index in [2.05, 4.69) is 10.6 Å². The Kier molecular flexibility index (Phi) is 7.86. The second-order valence-corrected chi connectivity index (χ2v) is 8.69. The third-order valence-corrected chi connectivity index (χ3v) is 6.61. The molecule has 0 radical (unpaired) electrons. The Morgan fingerprint density at radius 2 is 1.83 bits per heavy atom. The van der Waals surface area contributed by atoms with Crippen LogP contribution in [0.15, 0.2) is 12.2 Å². The standard InChI is InChI=1S/C22H37N3O4/c1-7-13(5)16(11-26)25-19(21(28)24-12(3)4)15-10-9-14(8-2)17(20(27)23-6)18(15)22(25)29/h9-10,12-19,26H,7-8,11H2,1-6H3,(H,23,27)(H,24,28)/t13-,14+,15-,16-,17+,18-,19-/m0/s1. The van der Waals surface area contributed by atoms with Crippen molar-refractivity contribution in [1.29, 1.82) is 0 Å². The third-order valence-electron chi connectivity index (χ3n) is 6.61.